The highest BCUT2D eigenvalue weighted by Gasteiger charge is 2.15. The van der Waals surface area contributed by atoms with Gasteiger partial charge < -0.3 is 20.1 Å². The van der Waals surface area contributed by atoms with Crippen molar-refractivity contribution in [3.63, 3.8) is 0 Å². The van der Waals surface area contributed by atoms with Crippen molar-refractivity contribution in [2.75, 3.05) is 40.0 Å². The fourth-order valence-corrected chi connectivity index (χ4v) is 2.90. The van der Waals surface area contributed by atoms with Crippen LogP contribution in [-0.4, -0.2) is 46.0 Å². The van der Waals surface area contributed by atoms with Crippen molar-refractivity contribution in [2.45, 2.75) is 32.7 Å². The van der Waals surface area contributed by atoms with E-state index in [2.05, 4.69) is 53.7 Å². The van der Waals surface area contributed by atoms with E-state index in [1.165, 1.54) is 11.1 Å². The van der Waals surface area contributed by atoms with Gasteiger partial charge in [0.2, 0.25) is 0 Å². The van der Waals surface area contributed by atoms with Crippen molar-refractivity contribution in [1.29, 1.82) is 0 Å². The molecule has 2 N–H and O–H groups in total. The van der Waals surface area contributed by atoms with Crippen LogP contribution in [-0.2, 0) is 9.47 Å². The van der Waals surface area contributed by atoms with Crippen molar-refractivity contribution in [2.24, 2.45) is 10.9 Å². The van der Waals surface area contributed by atoms with Crippen LogP contribution in [0.5, 0.6) is 0 Å². The Morgan fingerprint density at radius 3 is 2.88 bits per heavy atom. The Morgan fingerprint density at radius 1 is 1.40 bits per heavy atom. The molecule has 1 heterocycles. The van der Waals surface area contributed by atoms with Crippen LogP contribution in [0.3, 0.4) is 0 Å². The van der Waals surface area contributed by atoms with Gasteiger partial charge in [-0.05, 0) is 37.8 Å². The van der Waals surface area contributed by atoms with Crippen LogP contribution in [0.4, 0.5) is 0 Å². The fraction of sp³-hybridized carbons (Fsp3) is 0.632. The monoisotopic (exact) mass is 461 g/mol. The van der Waals surface area contributed by atoms with Crippen LogP contribution in [0, 0.1) is 12.8 Å². The normalized spacial score (nSPS) is 18.5. The number of nitrogens with one attached hydrogen (secondary N) is 2. The van der Waals surface area contributed by atoms with Crippen molar-refractivity contribution in [3.8, 4) is 0 Å². The van der Waals surface area contributed by atoms with E-state index in [0.29, 0.717) is 5.92 Å². The van der Waals surface area contributed by atoms with Gasteiger partial charge in [-0.25, -0.2) is 0 Å². The van der Waals surface area contributed by atoms with Crippen LogP contribution < -0.4 is 10.6 Å². The molecule has 0 aromatic heterocycles. The number of hydrogen-bond donors (Lipinski definition) is 2. The second-order valence-corrected chi connectivity index (χ2v) is 6.38. The Hall–Kier alpha value is -0.860. The smallest absolute Gasteiger partial charge is 0.191 e. The summed E-state index contributed by atoms with van der Waals surface area (Å²) in [4.78, 5) is 4.30. The van der Waals surface area contributed by atoms with Gasteiger partial charge in [-0.15, -0.1) is 24.0 Å². The lowest BCUT2D eigenvalue weighted by atomic mass is 10.0. The molecule has 142 valence electrons. The number of rotatable bonds is 8. The van der Waals surface area contributed by atoms with Crippen molar-refractivity contribution in [3.05, 3.63) is 35.4 Å². The molecule has 6 heteroatoms. The summed E-state index contributed by atoms with van der Waals surface area (Å²) in [6.07, 6.45) is 2.10. The zero-order chi connectivity index (χ0) is 17.2. The summed E-state index contributed by atoms with van der Waals surface area (Å²) in [7, 11) is 1.80. The van der Waals surface area contributed by atoms with E-state index in [0.717, 1.165) is 51.8 Å². The maximum absolute atomic E-state index is 5.72. The topological polar surface area (TPSA) is 54.9 Å². The quantitative estimate of drug-likeness (QED) is 0.270. The molecule has 0 saturated carbocycles. The number of nitrogens with zero attached hydrogens (tertiary/aromatic N) is 1. The third-order valence-electron chi connectivity index (χ3n) is 4.37. The van der Waals surface area contributed by atoms with Crippen molar-refractivity contribution in [1.82, 2.24) is 10.6 Å². The molecular weight excluding hydrogens is 429 g/mol. The zero-order valence-electron chi connectivity index (χ0n) is 15.6. The molecule has 0 spiro atoms. The molecule has 5 nitrogen and oxygen atoms in total. The number of guanidine groups is 1. The summed E-state index contributed by atoms with van der Waals surface area (Å²) in [6.45, 7) is 8.47. The van der Waals surface area contributed by atoms with E-state index in [4.69, 9.17) is 9.47 Å². The summed E-state index contributed by atoms with van der Waals surface area (Å²) in [5.74, 6) is 1.41. The molecule has 2 unspecified atom stereocenters. The number of hydrogen-bond acceptors (Lipinski definition) is 3. The molecule has 0 aliphatic carbocycles. The minimum Gasteiger partial charge on any atom is -0.381 e. The van der Waals surface area contributed by atoms with E-state index in [1.54, 1.807) is 7.05 Å². The Labute approximate surface area is 169 Å². The molecule has 0 amide bonds. The van der Waals surface area contributed by atoms with E-state index in [1.807, 2.05) is 0 Å². The number of aliphatic imine (C=N–C) groups is 1. The third-order valence-corrected chi connectivity index (χ3v) is 4.37. The average Bonchev–Trinajstić information content (AvgIpc) is 3.10. The molecule has 1 saturated heterocycles. The molecule has 0 radical (unpaired) electrons. The predicted molar refractivity (Wildman–Crippen MR) is 114 cm³/mol. The highest BCUT2D eigenvalue weighted by Crippen LogP contribution is 2.16. The van der Waals surface area contributed by atoms with Crippen LogP contribution >= 0.6 is 24.0 Å². The Morgan fingerprint density at radius 2 is 2.20 bits per heavy atom. The van der Waals surface area contributed by atoms with Gasteiger partial charge in [-0.3, -0.25) is 4.99 Å². The van der Waals surface area contributed by atoms with E-state index in [-0.39, 0.29) is 30.0 Å². The van der Waals surface area contributed by atoms with Crippen LogP contribution in [0.1, 0.15) is 36.9 Å². The minimum atomic E-state index is 0. The molecule has 1 aliphatic rings. The van der Waals surface area contributed by atoms with Gasteiger partial charge >= 0.3 is 0 Å². The fourth-order valence-electron chi connectivity index (χ4n) is 2.90. The molecular formula is C19H32IN3O2. The minimum absolute atomic E-state index is 0. The van der Waals surface area contributed by atoms with Gasteiger partial charge in [0.1, 0.15) is 0 Å². The standard InChI is InChI=1S/C19H31N3O2.HI/c1-15-7-4-5-8-18(15)16(2)22-19(20-3)21-10-6-11-23-13-17-9-12-24-14-17;/h4-5,7-8,16-17H,6,9-14H2,1-3H3,(H2,20,21,22);1H. The van der Waals surface area contributed by atoms with E-state index in [9.17, 15) is 0 Å². The van der Waals surface area contributed by atoms with Gasteiger partial charge in [-0.2, -0.15) is 0 Å². The van der Waals surface area contributed by atoms with Gasteiger partial charge in [0.25, 0.3) is 0 Å². The van der Waals surface area contributed by atoms with Crippen LogP contribution in [0.25, 0.3) is 0 Å². The number of benzene rings is 1. The first-order valence-corrected chi connectivity index (χ1v) is 8.89. The maximum Gasteiger partial charge on any atom is 0.191 e. The molecule has 1 aromatic rings. The van der Waals surface area contributed by atoms with Crippen molar-refractivity contribution < 1.29 is 9.47 Å². The second-order valence-electron chi connectivity index (χ2n) is 6.38. The lowest BCUT2D eigenvalue weighted by Gasteiger charge is -2.20. The highest BCUT2D eigenvalue weighted by molar-refractivity contribution is 14.0. The SMILES string of the molecule is CN=C(NCCCOCC1CCOC1)NC(C)c1ccccc1C.I. The van der Waals surface area contributed by atoms with Gasteiger partial charge in [0.05, 0.1) is 19.3 Å². The molecule has 1 aliphatic heterocycles. The summed E-state index contributed by atoms with van der Waals surface area (Å²) >= 11 is 0. The second kappa shape index (κ2) is 12.5. The molecule has 1 aromatic carbocycles. The molecule has 25 heavy (non-hydrogen) atoms. The van der Waals surface area contributed by atoms with Crippen molar-refractivity contribution >= 4 is 29.9 Å². The number of aryl methyl sites for hydroxylation is 1. The van der Waals surface area contributed by atoms with Crippen LogP contribution in [0.15, 0.2) is 29.3 Å². The Bertz CT molecular complexity index is 519. The van der Waals surface area contributed by atoms with Crippen LogP contribution in [0.2, 0.25) is 0 Å². The molecule has 2 rings (SSSR count). The third kappa shape index (κ3) is 7.92. The average molecular weight is 461 g/mol. The largest absolute Gasteiger partial charge is 0.381 e. The van der Waals surface area contributed by atoms with E-state index >= 15 is 0 Å². The predicted octanol–water partition coefficient (Wildman–Crippen LogP) is 3.28. The first-order chi connectivity index (χ1) is 11.7. The number of halogens is 1. The Kier molecular flexibility index (Phi) is 11.1. The first-order valence-electron chi connectivity index (χ1n) is 8.89. The maximum atomic E-state index is 5.72. The summed E-state index contributed by atoms with van der Waals surface area (Å²) in [6, 6.07) is 8.65. The summed E-state index contributed by atoms with van der Waals surface area (Å²) in [5.41, 5.74) is 2.58. The molecule has 1 fully saturated rings. The summed E-state index contributed by atoms with van der Waals surface area (Å²) in [5, 5.41) is 6.79. The lowest BCUT2D eigenvalue weighted by molar-refractivity contribution is 0.0888. The number of ether oxygens (including phenoxy) is 2. The van der Waals surface area contributed by atoms with Gasteiger partial charge in [0.15, 0.2) is 5.96 Å². The zero-order valence-corrected chi connectivity index (χ0v) is 17.9. The molecule has 0 bridgehead atoms. The van der Waals surface area contributed by atoms with Gasteiger partial charge in [-0.1, -0.05) is 24.3 Å². The van der Waals surface area contributed by atoms with E-state index < -0.39 is 0 Å². The van der Waals surface area contributed by atoms with Gasteiger partial charge in [0, 0.05) is 32.7 Å². The molecule has 2 atom stereocenters. The highest BCUT2D eigenvalue weighted by atomic mass is 127. The lowest BCUT2D eigenvalue weighted by Crippen LogP contribution is -2.39. The first kappa shape index (κ1) is 22.2. The summed E-state index contributed by atoms with van der Waals surface area (Å²) < 4.78 is 11.1. The Balaban J connectivity index is 0.00000312.